The Balaban J connectivity index is 1.50. The van der Waals surface area contributed by atoms with Gasteiger partial charge in [0.1, 0.15) is 17.4 Å². The van der Waals surface area contributed by atoms with Crippen molar-refractivity contribution in [2.24, 2.45) is 0 Å². The predicted octanol–water partition coefficient (Wildman–Crippen LogP) is 4.67. The van der Waals surface area contributed by atoms with Crippen LogP contribution in [0.25, 0.3) is 10.6 Å². The first kappa shape index (κ1) is 24.1. The van der Waals surface area contributed by atoms with E-state index in [2.05, 4.69) is 20.3 Å². The molecule has 3 aromatic rings. The number of amides is 1. The lowest BCUT2D eigenvalue weighted by Crippen LogP contribution is -2.23. The maximum atomic E-state index is 12.9. The van der Waals surface area contributed by atoms with E-state index in [1.54, 1.807) is 23.5 Å². The van der Waals surface area contributed by atoms with Gasteiger partial charge in [-0.15, -0.1) is 11.3 Å². The first-order chi connectivity index (χ1) is 16.3. The van der Waals surface area contributed by atoms with Gasteiger partial charge in [-0.1, -0.05) is 6.92 Å². The summed E-state index contributed by atoms with van der Waals surface area (Å²) in [4.78, 5) is 25.1. The minimum absolute atomic E-state index is 0.0205. The molecule has 7 nitrogen and oxygen atoms in total. The van der Waals surface area contributed by atoms with Gasteiger partial charge in [0, 0.05) is 53.3 Å². The number of halogens is 3. The second-order valence-electron chi connectivity index (χ2n) is 7.77. The third kappa shape index (κ3) is 6.09. The first-order valence-electron chi connectivity index (χ1n) is 10.8. The minimum atomic E-state index is -4.62. The van der Waals surface area contributed by atoms with Crippen LogP contribution in [-0.4, -0.2) is 40.2 Å². The molecule has 2 aromatic heterocycles. The molecule has 34 heavy (non-hydrogen) atoms. The fourth-order valence-electron chi connectivity index (χ4n) is 3.38. The van der Waals surface area contributed by atoms with Crippen molar-refractivity contribution in [3.8, 4) is 16.3 Å². The maximum absolute atomic E-state index is 12.9. The third-order valence-electron chi connectivity index (χ3n) is 5.19. The van der Waals surface area contributed by atoms with Gasteiger partial charge in [0.05, 0.1) is 6.10 Å². The summed E-state index contributed by atoms with van der Waals surface area (Å²) in [6.45, 7) is 3.12. The molecule has 0 aliphatic carbocycles. The number of carbonyl (C=O) groups is 1. The van der Waals surface area contributed by atoms with Crippen LogP contribution in [0.1, 0.15) is 46.4 Å². The highest BCUT2D eigenvalue weighted by Gasteiger charge is 2.34. The normalized spacial score (nSPS) is 15.9. The average Bonchev–Trinajstić information content (AvgIpc) is 3.53. The van der Waals surface area contributed by atoms with Crippen LogP contribution in [0.15, 0.2) is 36.8 Å². The van der Waals surface area contributed by atoms with Crippen LogP contribution in [0, 0.1) is 0 Å². The Morgan fingerprint density at radius 2 is 2.00 bits per heavy atom. The summed E-state index contributed by atoms with van der Waals surface area (Å²) < 4.78 is 49.4. The van der Waals surface area contributed by atoms with Gasteiger partial charge >= 0.3 is 6.18 Å². The molecular weight excluding hydrogens is 469 g/mol. The molecule has 180 valence electrons. The molecule has 1 aliphatic heterocycles. The first-order valence-corrected chi connectivity index (χ1v) is 11.6. The fourth-order valence-corrected chi connectivity index (χ4v) is 4.22. The summed E-state index contributed by atoms with van der Waals surface area (Å²) >= 11 is 1.54. The zero-order valence-electron chi connectivity index (χ0n) is 18.4. The van der Waals surface area contributed by atoms with Crippen molar-refractivity contribution >= 4 is 17.2 Å². The maximum Gasteiger partial charge on any atom is 0.451 e. The molecule has 1 N–H and O–H groups in total. The number of nitrogens with zero attached hydrogens (tertiary/aromatic N) is 3. The summed E-state index contributed by atoms with van der Waals surface area (Å²) in [5.41, 5.74) is 1.44. The molecule has 4 rings (SSSR count). The Hall–Kier alpha value is -3.05. The number of benzene rings is 1. The number of alkyl halides is 3. The molecule has 0 spiro atoms. The predicted molar refractivity (Wildman–Crippen MR) is 120 cm³/mol. The van der Waals surface area contributed by atoms with Gasteiger partial charge in [-0.2, -0.15) is 13.2 Å². The van der Waals surface area contributed by atoms with E-state index < -0.39 is 17.9 Å². The standard InChI is InChI=1S/C23H23F3N4O3S/c1-2-19-12-28-21(34-19)16-6-15(7-18(8-16)33-13-17-4-3-5-32-17)20(31)27-9-14-10-29-22(30-11-14)23(24,25)26/h6-8,10-12,17H,2-5,9,13H2,1H3,(H,27,31). The van der Waals surface area contributed by atoms with E-state index >= 15 is 0 Å². The number of carbonyl (C=O) groups excluding carboxylic acids is 1. The zero-order chi connectivity index (χ0) is 24.1. The molecule has 1 fully saturated rings. The van der Waals surface area contributed by atoms with E-state index in [0.29, 0.717) is 30.1 Å². The molecule has 11 heteroatoms. The van der Waals surface area contributed by atoms with E-state index in [-0.39, 0.29) is 12.6 Å². The van der Waals surface area contributed by atoms with Crippen LogP contribution >= 0.6 is 11.3 Å². The SMILES string of the molecule is CCc1cnc(-c2cc(OCC3CCCO3)cc(C(=O)NCc3cnc(C(F)(F)F)nc3)c2)s1. The summed E-state index contributed by atoms with van der Waals surface area (Å²) in [5.74, 6) is -1.11. The quantitative estimate of drug-likeness (QED) is 0.492. The van der Waals surface area contributed by atoms with E-state index in [4.69, 9.17) is 9.47 Å². The molecule has 1 unspecified atom stereocenters. The number of hydrogen-bond acceptors (Lipinski definition) is 7. The highest BCUT2D eigenvalue weighted by Crippen LogP contribution is 2.30. The van der Waals surface area contributed by atoms with Crippen LogP contribution in [0.4, 0.5) is 13.2 Å². The van der Waals surface area contributed by atoms with Gasteiger partial charge in [0.25, 0.3) is 5.91 Å². The topological polar surface area (TPSA) is 86.2 Å². The number of rotatable bonds is 8. The molecule has 1 amide bonds. The largest absolute Gasteiger partial charge is 0.491 e. The Morgan fingerprint density at radius 3 is 2.65 bits per heavy atom. The molecule has 0 radical (unpaired) electrons. The summed E-state index contributed by atoms with van der Waals surface area (Å²) in [6, 6.07) is 5.19. The molecule has 0 bridgehead atoms. The van der Waals surface area contributed by atoms with Gasteiger partial charge in [-0.05, 0) is 37.5 Å². The van der Waals surface area contributed by atoms with Crippen molar-refractivity contribution in [2.45, 2.75) is 45.0 Å². The van der Waals surface area contributed by atoms with E-state index in [1.165, 1.54) is 0 Å². The molecule has 1 aliphatic rings. The third-order valence-corrected chi connectivity index (χ3v) is 6.38. The molecule has 1 aromatic carbocycles. The van der Waals surface area contributed by atoms with E-state index in [0.717, 1.165) is 47.1 Å². The summed E-state index contributed by atoms with van der Waals surface area (Å²) in [7, 11) is 0. The van der Waals surface area contributed by atoms with Crippen molar-refractivity contribution in [3.05, 3.63) is 58.6 Å². The van der Waals surface area contributed by atoms with E-state index in [9.17, 15) is 18.0 Å². The van der Waals surface area contributed by atoms with Crippen molar-refractivity contribution in [2.75, 3.05) is 13.2 Å². The molecule has 3 heterocycles. The molecule has 1 saturated heterocycles. The smallest absolute Gasteiger partial charge is 0.451 e. The zero-order valence-corrected chi connectivity index (χ0v) is 19.2. The van der Waals surface area contributed by atoms with Crippen LogP contribution < -0.4 is 10.1 Å². The Morgan fingerprint density at radius 1 is 1.21 bits per heavy atom. The number of aryl methyl sites for hydroxylation is 1. The van der Waals surface area contributed by atoms with Crippen LogP contribution in [-0.2, 0) is 23.9 Å². The Kier molecular flexibility index (Phi) is 7.42. The number of thiazole rings is 1. The monoisotopic (exact) mass is 492 g/mol. The number of aromatic nitrogens is 3. The lowest BCUT2D eigenvalue weighted by molar-refractivity contribution is -0.145. The van der Waals surface area contributed by atoms with Gasteiger partial charge in [-0.3, -0.25) is 4.79 Å². The van der Waals surface area contributed by atoms with Crippen LogP contribution in [0.5, 0.6) is 5.75 Å². The Labute approximate surface area is 198 Å². The number of ether oxygens (including phenoxy) is 2. The lowest BCUT2D eigenvalue weighted by atomic mass is 10.1. The van der Waals surface area contributed by atoms with Crippen molar-refractivity contribution in [3.63, 3.8) is 0 Å². The lowest BCUT2D eigenvalue weighted by Gasteiger charge is -2.14. The van der Waals surface area contributed by atoms with Gasteiger partial charge in [0.15, 0.2) is 0 Å². The molecular formula is C23H23F3N4O3S. The van der Waals surface area contributed by atoms with Crippen LogP contribution in [0.2, 0.25) is 0 Å². The Bertz CT molecular complexity index is 1130. The molecule has 1 atom stereocenters. The van der Waals surface area contributed by atoms with Crippen LogP contribution in [0.3, 0.4) is 0 Å². The number of nitrogens with one attached hydrogen (secondary N) is 1. The summed E-state index contributed by atoms with van der Waals surface area (Å²) in [5, 5.41) is 3.46. The van der Waals surface area contributed by atoms with E-state index in [1.807, 2.05) is 19.2 Å². The van der Waals surface area contributed by atoms with Gasteiger partial charge in [-0.25, -0.2) is 15.0 Å². The second-order valence-corrected chi connectivity index (χ2v) is 8.89. The minimum Gasteiger partial charge on any atom is -0.491 e. The van der Waals surface area contributed by atoms with Gasteiger partial charge in [0.2, 0.25) is 5.82 Å². The van der Waals surface area contributed by atoms with Crippen molar-refractivity contribution in [1.29, 1.82) is 0 Å². The average molecular weight is 493 g/mol. The van der Waals surface area contributed by atoms with Crippen molar-refractivity contribution in [1.82, 2.24) is 20.3 Å². The fraction of sp³-hybridized carbons (Fsp3) is 0.391. The number of hydrogen-bond donors (Lipinski definition) is 1. The highest BCUT2D eigenvalue weighted by atomic mass is 32.1. The highest BCUT2D eigenvalue weighted by molar-refractivity contribution is 7.15. The van der Waals surface area contributed by atoms with Crippen molar-refractivity contribution < 1.29 is 27.4 Å². The summed E-state index contributed by atoms with van der Waals surface area (Å²) in [6.07, 6.45) is 2.08. The second kappa shape index (κ2) is 10.5. The van der Waals surface area contributed by atoms with Gasteiger partial charge < -0.3 is 14.8 Å². The molecule has 0 saturated carbocycles.